The van der Waals surface area contributed by atoms with Gasteiger partial charge in [0.15, 0.2) is 0 Å². The second-order valence-corrected chi connectivity index (χ2v) is 7.88. The number of sulfonamides is 1. The number of hydrogen-bond acceptors (Lipinski definition) is 4. The first kappa shape index (κ1) is 14.5. The van der Waals surface area contributed by atoms with E-state index in [2.05, 4.69) is 6.07 Å². The Labute approximate surface area is 125 Å². The van der Waals surface area contributed by atoms with E-state index in [9.17, 15) is 8.42 Å². The molecule has 2 fully saturated rings. The number of fused-ring (bicyclic) bond motifs is 2. The third-order valence-corrected chi connectivity index (χ3v) is 6.60. The number of rotatable bonds is 2. The van der Waals surface area contributed by atoms with Gasteiger partial charge >= 0.3 is 0 Å². The summed E-state index contributed by atoms with van der Waals surface area (Å²) >= 11 is 0. The fourth-order valence-electron chi connectivity index (χ4n) is 3.61. The maximum atomic E-state index is 12.9. The Bertz CT molecular complexity index is 694. The summed E-state index contributed by atoms with van der Waals surface area (Å²) in [6.07, 6.45) is 3.27. The van der Waals surface area contributed by atoms with Crippen LogP contribution in [-0.2, 0) is 10.0 Å². The zero-order chi connectivity index (χ0) is 15.2. The Morgan fingerprint density at radius 1 is 1.29 bits per heavy atom. The van der Waals surface area contributed by atoms with E-state index in [1.54, 1.807) is 23.4 Å². The molecule has 112 valence electrons. The highest BCUT2D eigenvalue weighted by molar-refractivity contribution is 7.89. The van der Waals surface area contributed by atoms with E-state index >= 15 is 0 Å². The van der Waals surface area contributed by atoms with E-state index < -0.39 is 10.0 Å². The van der Waals surface area contributed by atoms with Crippen molar-refractivity contribution in [3.63, 3.8) is 0 Å². The predicted octanol–water partition coefficient (Wildman–Crippen LogP) is 1.51. The van der Waals surface area contributed by atoms with Crippen LogP contribution < -0.4 is 5.73 Å². The van der Waals surface area contributed by atoms with E-state index in [1.807, 2.05) is 0 Å². The van der Waals surface area contributed by atoms with Gasteiger partial charge in [-0.05, 0) is 56.4 Å². The molecule has 2 N–H and O–H groups in total. The van der Waals surface area contributed by atoms with Crippen molar-refractivity contribution >= 4 is 10.0 Å². The number of benzene rings is 1. The van der Waals surface area contributed by atoms with Gasteiger partial charge in [-0.2, -0.15) is 9.57 Å². The van der Waals surface area contributed by atoms with E-state index in [-0.39, 0.29) is 23.0 Å². The molecule has 2 aliphatic heterocycles. The summed E-state index contributed by atoms with van der Waals surface area (Å²) in [6.45, 7) is 1.76. The number of nitrogens with zero attached hydrogens (tertiary/aromatic N) is 2. The standard InChI is InChI=1S/C15H19N3O2S/c1-10-6-15(5-2-11(10)9-16)21(19,20)18-13-3-4-14(18)8-12(17)7-13/h2,5-6,12-14H,3-4,7-8,17H2,1H3. The normalized spacial score (nSPS) is 29.3. The molecule has 0 radical (unpaired) electrons. The lowest BCUT2D eigenvalue weighted by atomic mass is 10.0. The van der Waals surface area contributed by atoms with Crippen molar-refractivity contribution in [1.82, 2.24) is 4.31 Å². The van der Waals surface area contributed by atoms with Gasteiger partial charge in [0.05, 0.1) is 16.5 Å². The summed E-state index contributed by atoms with van der Waals surface area (Å²) in [5.41, 5.74) is 7.21. The summed E-state index contributed by atoms with van der Waals surface area (Å²) in [7, 11) is -3.50. The van der Waals surface area contributed by atoms with Crippen molar-refractivity contribution in [1.29, 1.82) is 5.26 Å². The quantitative estimate of drug-likeness (QED) is 0.897. The maximum Gasteiger partial charge on any atom is 0.243 e. The largest absolute Gasteiger partial charge is 0.328 e. The maximum absolute atomic E-state index is 12.9. The van der Waals surface area contributed by atoms with Crippen molar-refractivity contribution in [2.24, 2.45) is 5.73 Å². The summed E-state index contributed by atoms with van der Waals surface area (Å²) < 4.78 is 27.5. The van der Waals surface area contributed by atoms with Crippen molar-refractivity contribution in [2.75, 3.05) is 0 Å². The van der Waals surface area contributed by atoms with E-state index in [0.29, 0.717) is 11.1 Å². The van der Waals surface area contributed by atoms with Gasteiger partial charge in [0.2, 0.25) is 10.0 Å². The zero-order valence-corrected chi connectivity index (χ0v) is 12.8. The highest BCUT2D eigenvalue weighted by Gasteiger charge is 2.46. The number of nitrogens with two attached hydrogens (primary N) is 1. The molecule has 2 heterocycles. The molecule has 5 nitrogen and oxygen atoms in total. The van der Waals surface area contributed by atoms with Crippen LogP contribution in [0.25, 0.3) is 0 Å². The molecule has 21 heavy (non-hydrogen) atoms. The molecule has 2 bridgehead atoms. The fraction of sp³-hybridized carbons (Fsp3) is 0.533. The van der Waals surface area contributed by atoms with E-state index in [0.717, 1.165) is 25.7 Å². The third-order valence-electron chi connectivity index (χ3n) is 4.60. The second-order valence-electron chi connectivity index (χ2n) is 6.04. The van der Waals surface area contributed by atoms with Crippen LogP contribution in [0.15, 0.2) is 23.1 Å². The first-order chi connectivity index (χ1) is 9.93. The Hall–Kier alpha value is -1.42. The van der Waals surface area contributed by atoms with E-state index in [1.165, 1.54) is 6.07 Å². The van der Waals surface area contributed by atoms with Crippen LogP contribution in [0.4, 0.5) is 0 Å². The monoisotopic (exact) mass is 305 g/mol. The second kappa shape index (κ2) is 5.09. The molecular weight excluding hydrogens is 286 g/mol. The highest BCUT2D eigenvalue weighted by Crippen LogP contribution is 2.39. The predicted molar refractivity (Wildman–Crippen MR) is 78.9 cm³/mol. The Morgan fingerprint density at radius 2 is 1.90 bits per heavy atom. The van der Waals surface area contributed by atoms with Crippen LogP contribution in [0.3, 0.4) is 0 Å². The van der Waals surface area contributed by atoms with E-state index in [4.69, 9.17) is 11.0 Å². The van der Waals surface area contributed by atoms with Crippen LogP contribution in [0.2, 0.25) is 0 Å². The number of piperidine rings is 1. The van der Waals surface area contributed by atoms with Gasteiger partial charge in [0.1, 0.15) is 0 Å². The molecule has 0 spiro atoms. The smallest absolute Gasteiger partial charge is 0.243 e. The molecule has 2 atom stereocenters. The molecule has 6 heteroatoms. The number of nitriles is 1. The summed E-state index contributed by atoms with van der Waals surface area (Å²) in [4.78, 5) is 0.284. The number of hydrogen-bond donors (Lipinski definition) is 1. The first-order valence-corrected chi connectivity index (χ1v) is 8.67. The van der Waals surface area contributed by atoms with Crippen molar-refractivity contribution in [3.8, 4) is 6.07 Å². The molecule has 2 saturated heterocycles. The van der Waals surface area contributed by atoms with Gasteiger partial charge in [-0.15, -0.1) is 0 Å². The van der Waals surface area contributed by atoms with Gasteiger partial charge in [-0.25, -0.2) is 8.42 Å². The fourth-order valence-corrected chi connectivity index (χ4v) is 5.59. The first-order valence-electron chi connectivity index (χ1n) is 7.23. The minimum Gasteiger partial charge on any atom is -0.328 e. The van der Waals surface area contributed by atoms with Gasteiger partial charge in [0.25, 0.3) is 0 Å². The SMILES string of the molecule is Cc1cc(S(=O)(=O)N2C3CCC2CC(N)C3)ccc1C#N. The molecule has 2 unspecified atom stereocenters. The van der Waals surface area contributed by atoms with Crippen molar-refractivity contribution < 1.29 is 8.42 Å². The van der Waals surface area contributed by atoms with Gasteiger partial charge < -0.3 is 5.73 Å². The minimum absolute atomic E-state index is 0.0275. The molecule has 0 saturated carbocycles. The van der Waals surface area contributed by atoms with Crippen LogP contribution in [0.5, 0.6) is 0 Å². The van der Waals surface area contributed by atoms with Crippen molar-refractivity contribution in [2.45, 2.75) is 55.6 Å². The Morgan fingerprint density at radius 3 is 2.43 bits per heavy atom. The molecule has 0 aromatic heterocycles. The Balaban J connectivity index is 1.98. The van der Waals surface area contributed by atoms with Gasteiger partial charge in [0, 0.05) is 18.1 Å². The van der Waals surface area contributed by atoms with Gasteiger partial charge in [-0.3, -0.25) is 0 Å². The lowest BCUT2D eigenvalue weighted by molar-refractivity contribution is 0.227. The molecule has 1 aromatic rings. The molecule has 2 aliphatic rings. The van der Waals surface area contributed by atoms with Crippen LogP contribution >= 0.6 is 0 Å². The van der Waals surface area contributed by atoms with Crippen LogP contribution in [0, 0.1) is 18.3 Å². The van der Waals surface area contributed by atoms with Gasteiger partial charge in [-0.1, -0.05) is 0 Å². The summed E-state index contributed by atoms with van der Waals surface area (Å²) in [6, 6.07) is 6.95. The lowest BCUT2D eigenvalue weighted by Crippen LogP contribution is -2.49. The summed E-state index contributed by atoms with van der Waals surface area (Å²) in [5.74, 6) is 0. The molecule has 3 rings (SSSR count). The zero-order valence-electron chi connectivity index (χ0n) is 12.0. The third kappa shape index (κ3) is 2.35. The molecule has 0 aliphatic carbocycles. The average molecular weight is 305 g/mol. The highest BCUT2D eigenvalue weighted by atomic mass is 32.2. The summed E-state index contributed by atoms with van der Waals surface area (Å²) in [5, 5.41) is 8.96. The Kier molecular flexibility index (Phi) is 3.52. The minimum atomic E-state index is -3.50. The molecule has 0 amide bonds. The molecular formula is C15H19N3O2S. The van der Waals surface area contributed by atoms with Crippen LogP contribution in [-0.4, -0.2) is 30.8 Å². The average Bonchev–Trinajstić information content (AvgIpc) is 2.72. The topological polar surface area (TPSA) is 87.2 Å². The number of aryl methyl sites for hydroxylation is 1. The lowest BCUT2D eigenvalue weighted by Gasteiger charge is -2.36. The van der Waals surface area contributed by atoms with Crippen molar-refractivity contribution in [3.05, 3.63) is 29.3 Å². The van der Waals surface area contributed by atoms with Crippen LogP contribution in [0.1, 0.15) is 36.8 Å². The molecule has 1 aromatic carbocycles.